The Kier molecular flexibility index (Phi) is 3.32. The number of carbonyl (C=O) groups is 2. The van der Waals surface area contributed by atoms with Crippen LogP contribution in [0, 0.1) is 6.92 Å². The molecule has 4 rings (SSSR count). The number of benzene rings is 1. The molecule has 3 heterocycles. The number of rotatable bonds is 1. The Balaban J connectivity index is 1.95. The second-order valence-corrected chi connectivity index (χ2v) is 6.65. The number of fused-ring (bicyclic) bond motifs is 3. The second kappa shape index (κ2) is 5.31. The number of esters is 1. The second-order valence-electron chi connectivity index (χ2n) is 6.65. The van der Waals surface area contributed by atoms with Gasteiger partial charge in [-0.25, -0.2) is 0 Å². The van der Waals surface area contributed by atoms with Gasteiger partial charge in [0, 0.05) is 29.8 Å². The van der Waals surface area contributed by atoms with Crippen LogP contribution in [0.1, 0.15) is 53.4 Å². The molecule has 2 aliphatic rings. The van der Waals surface area contributed by atoms with Crippen LogP contribution in [-0.2, 0) is 11.8 Å². The van der Waals surface area contributed by atoms with Crippen molar-refractivity contribution in [2.24, 2.45) is 7.05 Å². The van der Waals surface area contributed by atoms with Gasteiger partial charge in [-0.2, -0.15) is 5.10 Å². The summed E-state index contributed by atoms with van der Waals surface area (Å²) in [7, 11) is 1.86. The highest BCUT2D eigenvalue weighted by atomic mass is 16.5. The number of aryl methyl sites for hydroxylation is 1. The number of Topliss-reactive ketones (excluding diaryl/α,β-unsaturated/α-hetero) is 1. The Hall–Kier alpha value is -2.89. The SMILES string of the molecule is CC(C)=C1Oc2c(ccc3c2C(c2cnn(C)c2C)CC(=O)O3)C1=O. The smallest absolute Gasteiger partial charge is 0.312 e. The minimum Gasteiger partial charge on any atom is -0.452 e. The van der Waals surface area contributed by atoms with E-state index in [1.54, 1.807) is 23.0 Å². The summed E-state index contributed by atoms with van der Waals surface area (Å²) in [5.74, 6) is 0.625. The van der Waals surface area contributed by atoms with Crippen molar-refractivity contribution >= 4 is 11.8 Å². The summed E-state index contributed by atoms with van der Waals surface area (Å²) in [6.45, 7) is 5.64. The first kappa shape index (κ1) is 15.6. The van der Waals surface area contributed by atoms with Gasteiger partial charge in [0.25, 0.3) is 0 Å². The predicted molar refractivity (Wildman–Crippen MR) is 89.8 cm³/mol. The van der Waals surface area contributed by atoms with Gasteiger partial charge in [0.05, 0.1) is 18.2 Å². The molecule has 0 bridgehead atoms. The monoisotopic (exact) mass is 338 g/mol. The molecule has 0 fully saturated rings. The molecule has 1 aromatic heterocycles. The number of ketones is 1. The Morgan fingerprint density at radius 3 is 2.64 bits per heavy atom. The van der Waals surface area contributed by atoms with Gasteiger partial charge < -0.3 is 9.47 Å². The Morgan fingerprint density at radius 2 is 2.00 bits per heavy atom. The van der Waals surface area contributed by atoms with Crippen molar-refractivity contribution in [3.8, 4) is 11.5 Å². The van der Waals surface area contributed by atoms with Gasteiger partial charge in [-0.15, -0.1) is 0 Å². The molecular weight excluding hydrogens is 320 g/mol. The van der Waals surface area contributed by atoms with Crippen LogP contribution >= 0.6 is 0 Å². The molecule has 128 valence electrons. The van der Waals surface area contributed by atoms with Crippen LogP contribution in [0.2, 0.25) is 0 Å². The molecule has 0 saturated heterocycles. The lowest BCUT2D eigenvalue weighted by molar-refractivity contribution is -0.135. The third-order valence-corrected chi connectivity index (χ3v) is 4.86. The normalized spacial score (nSPS) is 18.6. The van der Waals surface area contributed by atoms with Gasteiger partial charge in [0.15, 0.2) is 5.76 Å². The Morgan fingerprint density at radius 1 is 1.24 bits per heavy atom. The Labute approximate surface area is 145 Å². The van der Waals surface area contributed by atoms with Crippen LogP contribution in [0.5, 0.6) is 11.5 Å². The number of carbonyl (C=O) groups excluding carboxylic acids is 2. The molecule has 0 spiro atoms. The maximum absolute atomic E-state index is 12.6. The van der Waals surface area contributed by atoms with E-state index in [-0.39, 0.29) is 24.1 Å². The molecule has 0 saturated carbocycles. The van der Waals surface area contributed by atoms with Crippen molar-refractivity contribution in [1.29, 1.82) is 0 Å². The zero-order valence-corrected chi connectivity index (χ0v) is 14.5. The van der Waals surface area contributed by atoms with Gasteiger partial charge in [-0.1, -0.05) is 0 Å². The van der Waals surface area contributed by atoms with Gasteiger partial charge >= 0.3 is 5.97 Å². The molecule has 2 aromatic rings. The van der Waals surface area contributed by atoms with Crippen LogP contribution in [0.4, 0.5) is 0 Å². The highest BCUT2D eigenvalue weighted by molar-refractivity contribution is 6.13. The van der Waals surface area contributed by atoms with E-state index in [0.717, 1.165) is 22.4 Å². The van der Waals surface area contributed by atoms with Gasteiger partial charge in [-0.3, -0.25) is 14.3 Å². The Bertz CT molecular complexity index is 964. The first-order chi connectivity index (χ1) is 11.9. The van der Waals surface area contributed by atoms with Gasteiger partial charge in [-0.05, 0) is 38.5 Å². The zero-order valence-electron chi connectivity index (χ0n) is 14.5. The van der Waals surface area contributed by atoms with E-state index in [0.29, 0.717) is 22.8 Å². The van der Waals surface area contributed by atoms with E-state index >= 15 is 0 Å². The molecule has 0 amide bonds. The fourth-order valence-corrected chi connectivity index (χ4v) is 3.45. The average Bonchev–Trinajstić information content (AvgIpc) is 3.07. The molecule has 0 aliphatic carbocycles. The fourth-order valence-electron chi connectivity index (χ4n) is 3.45. The maximum atomic E-state index is 12.6. The molecule has 6 nitrogen and oxygen atoms in total. The lowest BCUT2D eigenvalue weighted by Gasteiger charge is -2.26. The molecule has 0 radical (unpaired) electrons. The minimum atomic E-state index is -0.299. The van der Waals surface area contributed by atoms with Gasteiger partial charge in [0.1, 0.15) is 11.5 Å². The van der Waals surface area contributed by atoms with Crippen molar-refractivity contribution < 1.29 is 19.1 Å². The highest BCUT2D eigenvalue weighted by Crippen LogP contribution is 2.49. The largest absolute Gasteiger partial charge is 0.452 e. The third-order valence-electron chi connectivity index (χ3n) is 4.86. The van der Waals surface area contributed by atoms with E-state index < -0.39 is 0 Å². The molecular formula is C19H18N2O4. The van der Waals surface area contributed by atoms with E-state index in [1.165, 1.54) is 0 Å². The van der Waals surface area contributed by atoms with Crippen molar-refractivity contribution in [2.45, 2.75) is 33.1 Å². The van der Waals surface area contributed by atoms with Crippen molar-refractivity contribution in [3.05, 3.63) is 52.0 Å². The lowest BCUT2D eigenvalue weighted by atomic mass is 9.85. The van der Waals surface area contributed by atoms with E-state index in [1.807, 2.05) is 27.8 Å². The quantitative estimate of drug-likeness (QED) is 0.454. The van der Waals surface area contributed by atoms with E-state index in [9.17, 15) is 9.59 Å². The topological polar surface area (TPSA) is 70.4 Å². The van der Waals surface area contributed by atoms with Crippen molar-refractivity contribution in [3.63, 3.8) is 0 Å². The van der Waals surface area contributed by atoms with Crippen molar-refractivity contribution in [2.75, 3.05) is 0 Å². The molecule has 1 atom stereocenters. The van der Waals surface area contributed by atoms with Crippen molar-refractivity contribution in [1.82, 2.24) is 9.78 Å². The number of allylic oxidation sites excluding steroid dienone is 2. The molecule has 1 unspecified atom stereocenters. The average molecular weight is 338 g/mol. The fraction of sp³-hybridized carbons (Fsp3) is 0.316. The predicted octanol–water partition coefficient (Wildman–Crippen LogP) is 3.04. The van der Waals surface area contributed by atoms with Crippen LogP contribution in [0.15, 0.2) is 29.7 Å². The number of ether oxygens (including phenoxy) is 2. The summed E-state index contributed by atoms with van der Waals surface area (Å²) >= 11 is 0. The summed E-state index contributed by atoms with van der Waals surface area (Å²) in [5.41, 5.74) is 3.99. The molecule has 0 N–H and O–H groups in total. The summed E-state index contributed by atoms with van der Waals surface area (Å²) in [6, 6.07) is 3.34. The molecule has 1 aromatic carbocycles. The maximum Gasteiger partial charge on any atom is 0.312 e. The van der Waals surface area contributed by atoms with Gasteiger partial charge in [0.2, 0.25) is 5.78 Å². The molecule has 25 heavy (non-hydrogen) atoms. The van der Waals surface area contributed by atoms with Crippen LogP contribution in [-0.4, -0.2) is 21.5 Å². The number of hydrogen-bond acceptors (Lipinski definition) is 5. The van der Waals surface area contributed by atoms with Crippen LogP contribution in [0.3, 0.4) is 0 Å². The number of aromatic nitrogens is 2. The first-order valence-corrected chi connectivity index (χ1v) is 8.14. The summed E-state index contributed by atoms with van der Waals surface area (Å²) in [5, 5.41) is 4.29. The third kappa shape index (κ3) is 2.21. The van der Waals surface area contributed by atoms with E-state index in [2.05, 4.69) is 5.10 Å². The minimum absolute atomic E-state index is 0.128. The first-order valence-electron chi connectivity index (χ1n) is 8.14. The van der Waals surface area contributed by atoms with Crippen LogP contribution < -0.4 is 9.47 Å². The lowest BCUT2D eigenvalue weighted by Crippen LogP contribution is -2.22. The summed E-state index contributed by atoms with van der Waals surface area (Å²) < 4.78 is 13.1. The standard InChI is InChI=1S/C19H18N2O4/c1-9(2)18-17(23)11-5-6-14-16(19(11)25-18)12(7-15(22)24-14)13-8-20-21(4)10(13)3/h5-6,8,12H,7H2,1-4H3. The summed E-state index contributed by atoms with van der Waals surface area (Å²) in [6.07, 6.45) is 1.96. The summed E-state index contributed by atoms with van der Waals surface area (Å²) in [4.78, 5) is 24.7. The molecule has 2 aliphatic heterocycles. The number of hydrogen-bond donors (Lipinski definition) is 0. The highest BCUT2D eigenvalue weighted by Gasteiger charge is 2.39. The van der Waals surface area contributed by atoms with Crippen LogP contribution in [0.25, 0.3) is 0 Å². The zero-order chi connectivity index (χ0) is 17.9. The van der Waals surface area contributed by atoms with E-state index in [4.69, 9.17) is 9.47 Å². The number of nitrogens with zero attached hydrogens (tertiary/aromatic N) is 2. The molecule has 6 heteroatoms.